The molecule has 0 aliphatic carbocycles. The summed E-state index contributed by atoms with van der Waals surface area (Å²) in [4.78, 5) is 47.0. The van der Waals surface area contributed by atoms with Gasteiger partial charge in [0.2, 0.25) is 18.2 Å². The van der Waals surface area contributed by atoms with Gasteiger partial charge in [-0.1, -0.05) is 45.2 Å². The van der Waals surface area contributed by atoms with Gasteiger partial charge in [-0.25, -0.2) is 18.2 Å². The molecule has 0 aliphatic rings. The van der Waals surface area contributed by atoms with E-state index in [2.05, 4.69) is 10.6 Å². The average molecular weight is 537 g/mol. The topological polar surface area (TPSA) is 175 Å². The van der Waals surface area contributed by atoms with Crippen LogP contribution in [0.1, 0.15) is 56.5 Å². The molecule has 1 aromatic carbocycles. The number of carbonyl (C=O) groups excluding carboxylic acids is 4. The summed E-state index contributed by atoms with van der Waals surface area (Å²) in [5, 5.41) is 14.9. The fourth-order valence-corrected chi connectivity index (χ4v) is 4.47. The van der Waals surface area contributed by atoms with Gasteiger partial charge in [0.15, 0.2) is 5.76 Å². The number of unbranched alkanes of at least 4 members (excludes halogenated alkanes) is 2. The number of rotatable bonds is 15. The Bertz CT molecular complexity index is 1190. The molecular formula is C24H32N4O8S. The molecule has 12 nitrogen and oxygen atoms in total. The van der Waals surface area contributed by atoms with Crippen molar-refractivity contribution in [2.45, 2.75) is 50.8 Å². The van der Waals surface area contributed by atoms with E-state index in [0.29, 0.717) is 17.0 Å². The first-order valence-electron chi connectivity index (χ1n) is 11.8. The minimum atomic E-state index is -4.05. The second-order valence-electron chi connectivity index (χ2n) is 8.22. The molecule has 1 heterocycles. The summed E-state index contributed by atoms with van der Waals surface area (Å²) in [6, 6.07) is 8.59. The molecule has 0 saturated heterocycles. The lowest BCUT2D eigenvalue weighted by Crippen LogP contribution is -2.42. The number of amides is 4. The maximum atomic E-state index is 12.5. The van der Waals surface area contributed by atoms with Crippen LogP contribution in [0.2, 0.25) is 0 Å². The maximum absolute atomic E-state index is 12.5. The molecule has 1 unspecified atom stereocenters. The fourth-order valence-electron chi connectivity index (χ4n) is 3.37. The number of nitrogens with one attached hydrogen (secondary N) is 3. The molecule has 2 rings (SSSR count). The summed E-state index contributed by atoms with van der Waals surface area (Å²) in [5.41, 5.74) is 0.373. The summed E-state index contributed by atoms with van der Waals surface area (Å²) in [6.07, 6.45) is 3.29. The molecule has 0 aliphatic heterocycles. The van der Waals surface area contributed by atoms with Gasteiger partial charge >= 0.3 is 0 Å². The zero-order valence-corrected chi connectivity index (χ0v) is 21.5. The van der Waals surface area contributed by atoms with Crippen molar-refractivity contribution in [3.05, 3.63) is 42.2 Å². The molecule has 37 heavy (non-hydrogen) atoms. The molecule has 13 heteroatoms. The quantitative estimate of drug-likeness (QED) is 0.0879. The van der Waals surface area contributed by atoms with Crippen LogP contribution in [0.5, 0.6) is 0 Å². The number of furan rings is 1. The molecule has 4 amide bonds. The molecule has 0 bridgehead atoms. The Morgan fingerprint density at radius 2 is 1.86 bits per heavy atom. The van der Waals surface area contributed by atoms with Crippen LogP contribution in [0.15, 0.2) is 45.7 Å². The van der Waals surface area contributed by atoms with Gasteiger partial charge in [0.25, 0.3) is 15.9 Å². The Hall–Kier alpha value is -3.71. The number of nitrogens with zero attached hydrogens (tertiary/aromatic N) is 1. The third-order valence-electron chi connectivity index (χ3n) is 5.40. The normalized spacial score (nSPS) is 11.9. The van der Waals surface area contributed by atoms with Crippen molar-refractivity contribution < 1.29 is 37.2 Å². The van der Waals surface area contributed by atoms with Crippen molar-refractivity contribution >= 4 is 34.2 Å². The maximum Gasteiger partial charge on any atom is 0.288 e. The van der Waals surface area contributed by atoms with E-state index in [9.17, 15) is 32.8 Å². The summed E-state index contributed by atoms with van der Waals surface area (Å²) < 4.78 is 32.3. The van der Waals surface area contributed by atoms with Gasteiger partial charge < -0.3 is 15.1 Å². The third kappa shape index (κ3) is 9.03. The first-order valence-corrected chi connectivity index (χ1v) is 13.3. The van der Waals surface area contributed by atoms with Crippen LogP contribution in [0.4, 0.5) is 0 Å². The monoisotopic (exact) mass is 536 g/mol. The van der Waals surface area contributed by atoms with Gasteiger partial charge in [-0.2, -0.15) is 0 Å². The molecular weight excluding hydrogens is 504 g/mol. The first-order chi connectivity index (χ1) is 17.6. The minimum Gasteiger partial charge on any atom is -0.451 e. The highest BCUT2D eigenvalue weighted by molar-refractivity contribution is 7.90. The van der Waals surface area contributed by atoms with Gasteiger partial charge in [0.05, 0.1) is 24.0 Å². The Morgan fingerprint density at radius 1 is 1.11 bits per heavy atom. The van der Waals surface area contributed by atoms with Crippen LogP contribution in [0.3, 0.4) is 0 Å². The summed E-state index contributed by atoms with van der Waals surface area (Å²) in [5.74, 6) is -2.17. The largest absolute Gasteiger partial charge is 0.451 e. The predicted octanol–water partition coefficient (Wildman–Crippen LogP) is 2.01. The molecule has 1 atom stereocenters. The van der Waals surface area contributed by atoms with Crippen LogP contribution in [-0.2, 0) is 24.4 Å². The lowest BCUT2D eigenvalue weighted by Gasteiger charge is -2.19. The standard InChI is InChI=1S/C24H32N4O8S/c1-3-5-6-8-18(14-28(33)16-29)23(31)25-15-26-24(32)21-12-11-20(36-21)17-9-7-10-19(13-17)37(34,35)27-22(30)4-2/h7,9-13,16,18,33H,3-6,8,14-15H2,1-2H3,(H,25,31)(H,26,32)(H,27,30). The van der Waals surface area contributed by atoms with E-state index in [1.165, 1.54) is 37.3 Å². The number of hydrogen-bond acceptors (Lipinski definition) is 8. The third-order valence-corrected chi connectivity index (χ3v) is 6.77. The molecule has 202 valence electrons. The van der Waals surface area contributed by atoms with Gasteiger partial charge in [-0.15, -0.1) is 0 Å². The number of hydrogen-bond donors (Lipinski definition) is 4. The van der Waals surface area contributed by atoms with Gasteiger partial charge in [0.1, 0.15) is 5.76 Å². The van der Waals surface area contributed by atoms with Crippen LogP contribution in [-0.4, -0.2) is 56.0 Å². The Morgan fingerprint density at radius 3 is 2.54 bits per heavy atom. The van der Waals surface area contributed by atoms with Crippen molar-refractivity contribution in [1.82, 2.24) is 20.4 Å². The summed E-state index contributed by atoms with van der Waals surface area (Å²) >= 11 is 0. The van der Waals surface area contributed by atoms with Crippen molar-refractivity contribution in [2.75, 3.05) is 13.2 Å². The first kappa shape index (κ1) is 29.5. The summed E-state index contributed by atoms with van der Waals surface area (Å²) in [7, 11) is -4.05. The molecule has 0 radical (unpaired) electrons. The zero-order valence-electron chi connectivity index (χ0n) is 20.7. The smallest absolute Gasteiger partial charge is 0.288 e. The lowest BCUT2D eigenvalue weighted by atomic mass is 10.0. The number of sulfonamides is 1. The zero-order chi connectivity index (χ0) is 27.4. The van der Waals surface area contributed by atoms with Crippen LogP contribution >= 0.6 is 0 Å². The highest BCUT2D eigenvalue weighted by Gasteiger charge is 2.21. The van der Waals surface area contributed by atoms with Crippen molar-refractivity contribution in [2.24, 2.45) is 5.92 Å². The molecule has 0 spiro atoms. The highest BCUT2D eigenvalue weighted by Crippen LogP contribution is 2.25. The van der Waals surface area contributed by atoms with Crippen LogP contribution < -0.4 is 15.4 Å². The van der Waals surface area contributed by atoms with Crippen LogP contribution in [0, 0.1) is 5.92 Å². The van der Waals surface area contributed by atoms with Crippen molar-refractivity contribution in [3.8, 4) is 11.3 Å². The Balaban J connectivity index is 2.00. The van der Waals surface area contributed by atoms with E-state index in [4.69, 9.17) is 4.42 Å². The summed E-state index contributed by atoms with van der Waals surface area (Å²) in [6.45, 7) is 3.17. The minimum absolute atomic E-state index is 0.00810. The fraction of sp³-hybridized carbons (Fsp3) is 0.417. The molecule has 1 aromatic heterocycles. The number of hydroxylamine groups is 2. The SMILES string of the molecule is CCCCCC(CN(O)C=O)C(=O)NCNC(=O)c1ccc(-c2cccc(S(=O)(=O)NC(=O)CC)c2)o1. The van der Waals surface area contributed by atoms with E-state index < -0.39 is 33.7 Å². The van der Waals surface area contributed by atoms with Gasteiger partial charge in [-0.3, -0.25) is 24.4 Å². The second kappa shape index (κ2) is 14.1. The Kier molecular flexibility index (Phi) is 11.3. The molecule has 4 N–H and O–H groups in total. The predicted molar refractivity (Wildman–Crippen MR) is 132 cm³/mol. The Labute approximate surface area is 215 Å². The molecule has 2 aromatic rings. The molecule has 0 fully saturated rings. The lowest BCUT2D eigenvalue weighted by molar-refractivity contribution is -0.154. The van der Waals surface area contributed by atoms with Gasteiger partial charge in [0, 0.05) is 12.0 Å². The highest BCUT2D eigenvalue weighted by atomic mass is 32.2. The van der Waals surface area contributed by atoms with E-state index in [1.54, 1.807) is 6.07 Å². The second-order valence-corrected chi connectivity index (χ2v) is 9.90. The van der Waals surface area contributed by atoms with Crippen molar-refractivity contribution in [1.29, 1.82) is 0 Å². The van der Waals surface area contributed by atoms with E-state index in [-0.39, 0.29) is 42.5 Å². The van der Waals surface area contributed by atoms with E-state index >= 15 is 0 Å². The average Bonchev–Trinajstić information content (AvgIpc) is 3.38. The van der Waals surface area contributed by atoms with E-state index in [1.807, 2.05) is 11.6 Å². The number of carbonyl (C=O) groups is 4. The van der Waals surface area contributed by atoms with Crippen LogP contribution in [0.25, 0.3) is 11.3 Å². The molecule has 0 saturated carbocycles. The van der Waals surface area contributed by atoms with Gasteiger partial charge in [-0.05, 0) is 30.7 Å². The van der Waals surface area contributed by atoms with E-state index in [0.717, 1.165) is 19.3 Å². The number of benzene rings is 1. The van der Waals surface area contributed by atoms with Crippen molar-refractivity contribution in [3.63, 3.8) is 0 Å².